The van der Waals surface area contributed by atoms with Crippen LogP contribution in [0.25, 0.3) is 0 Å². The molecular weight excluding hydrogens is 306 g/mol. The van der Waals surface area contributed by atoms with E-state index in [0.29, 0.717) is 24.3 Å². The number of hydrogen-bond donors (Lipinski definition) is 2. The Morgan fingerprint density at radius 2 is 2.21 bits per heavy atom. The van der Waals surface area contributed by atoms with Gasteiger partial charge in [0.15, 0.2) is 5.76 Å². The average Bonchev–Trinajstić information content (AvgIpc) is 3.25. The van der Waals surface area contributed by atoms with E-state index < -0.39 is 0 Å². The lowest BCUT2D eigenvalue weighted by Crippen LogP contribution is -2.29. The first-order valence-corrected chi connectivity index (χ1v) is 8.64. The van der Waals surface area contributed by atoms with E-state index in [1.54, 1.807) is 6.20 Å². The van der Waals surface area contributed by atoms with Crippen molar-refractivity contribution in [2.75, 3.05) is 5.32 Å². The maximum atomic E-state index is 12.1. The highest BCUT2D eigenvalue weighted by molar-refractivity contribution is 5.88. The Bertz CT molecular complexity index is 670. The summed E-state index contributed by atoms with van der Waals surface area (Å²) in [5.41, 5.74) is 0.918. The standard InChI is InChI=1S/C17H25N5O2/c1-12(2)9-13-10-15(24-21-13)11-18-17(23)20-16-7-8-19-22(16)14-5-3-4-6-14/h7-8,10,12,14H,3-6,9,11H2,1-2H3,(H2,18,20,23). The second-order valence-corrected chi connectivity index (χ2v) is 6.79. The van der Waals surface area contributed by atoms with Gasteiger partial charge in [-0.25, -0.2) is 9.48 Å². The SMILES string of the molecule is CC(C)Cc1cc(CNC(=O)Nc2ccnn2C2CCCC2)on1. The van der Waals surface area contributed by atoms with E-state index in [4.69, 9.17) is 4.52 Å². The molecule has 7 nitrogen and oxygen atoms in total. The molecule has 0 saturated heterocycles. The van der Waals surface area contributed by atoms with Crippen LogP contribution in [-0.2, 0) is 13.0 Å². The number of hydrogen-bond acceptors (Lipinski definition) is 4. The van der Waals surface area contributed by atoms with Gasteiger partial charge in [0.1, 0.15) is 5.82 Å². The summed E-state index contributed by atoms with van der Waals surface area (Å²) in [6.45, 7) is 4.58. The van der Waals surface area contributed by atoms with Crippen LogP contribution < -0.4 is 10.6 Å². The largest absolute Gasteiger partial charge is 0.359 e. The molecule has 2 aromatic rings. The maximum absolute atomic E-state index is 12.1. The zero-order valence-corrected chi connectivity index (χ0v) is 14.3. The number of nitrogens with zero attached hydrogens (tertiary/aromatic N) is 3. The van der Waals surface area contributed by atoms with Crippen LogP contribution in [0.15, 0.2) is 22.9 Å². The van der Waals surface area contributed by atoms with Gasteiger partial charge in [0.2, 0.25) is 0 Å². The van der Waals surface area contributed by atoms with Crippen LogP contribution in [0.3, 0.4) is 0 Å². The highest BCUT2D eigenvalue weighted by atomic mass is 16.5. The number of nitrogens with one attached hydrogen (secondary N) is 2. The van der Waals surface area contributed by atoms with E-state index >= 15 is 0 Å². The van der Waals surface area contributed by atoms with Gasteiger partial charge in [0, 0.05) is 12.1 Å². The normalized spacial score (nSPS) is 15.1. The Balaban J connectivity index is 1.51. The number of rotatable bonds is 6. The third-order valence-corrected chi connectivity index (χ3v) is 4.23. The van der Waals surface area contributed by atoms with Gasteiger partial charge in [-0.05, 0) is 25.2 Å². The number of anilines is 1. The van der Waals surface area contributed by atoms with Crippen LogP contribution in [-0.4, -0.2) is 21.0 Å². The lowest BCUT2D eigenvalue weighted by molar-refractivity contribution is 0.249. The molecular formula is C17H25N5O2. The smallest absolute Gasteiger partial charge is 0.320 e. The van der Waals surface area contributed by atoms with Gasteiger partial charge < -0.3 is 9.84 Å². The second-order valence-electron chi connectivity index (χ2n) is 6.79. The molecule has 0 radical (unpaired) electrons. The van der Waals surface area contributed by atoms with E-state index in [1.165, 1.54) is 12.8 Å². The molecule has 1 aliphatic carbocycles. The first kappa shape index (κ1) is 16.5. The fraction of sp³-hybridized carbons (Fsp3) is 0.588. The van der Waals surface area contributed by atoms with Crippen LogP contribution in [0.2, 0.25) is 0 Å². The van der Waals surface area contributed by atoms with E-state index in [2.05, 4.69) is 34.7 Å². The van der Waals surface area contributed by atoms with E-state index in [9.17, 15) is 4.79 Å². The van der Waals surface area contributed by atoms with E-state index in [0.717, 1.165) is 30.8 Å². The monoisotopic (exact) mass is 331 g/mol. The van der Waals surface area contributed by atoms with Crippen molar-refractivity contribution in [3.05, 3.63) is 29.8 Å². The predicted octanol–water partition coefficient (Wildman–Crippen LogP) is 3.51. The molecule has 0 bridgehead atoms. The van der Waals surface area contributed by atoms with Gasteiger partial charge in [0.05, 0.1) is 24.5 Å². The van der Waals surface area contributed by atoms with Crippen molar-refractivity contribution in [3.8, 4) is 0 Å². The number of urea groups is 1. The molecule has 2 heterocycles. The minimum atomic E-state index is -0.267. The Hall–Kier alpha value is -2.31. The molecule has 0 unspecified atom stereocenters. The molecule has 2 amide bonds. The van der Waals surface area contributed by atoms with Crippen molar-refractivity contribution in [2.24, 2.45) is 5.92 Å². The van der Waals surface area contributed by atoms with Crippen molar-refractivity contribution in [3.63, 3.8) is 0 Å². The van der Waals surface area contributed by atoms with Crippen LogP contribution in [0.4, 0.5) is 10.6 Å². The number of carbonyl (C=O) groups excluding carboxylic acids is 1. The molecule has 1 saturated carbocycles. The zero-order chi connectivity index (χ0) is 16.9. The van der Waals surface area contributed by atoms with Gasteiger partial charge in [-0.15, -0.1) is 0 Å². The Morgan fingerprint density at radius 3 is 2.96 bits per heavy atom. The number of amides is 2. The molecule has 2 N–H and O–H groups in total. The molecule has 1 aliphatic rings. The van der Waals surface area contributed by atoms with Crippen molar-refractivity contribution >= 4 is 11.8 Å². The lowest BCUT2D eigenvalue weighted by Gasteiger charge is -2.14. The van der Waals surface area contributed by atoms with Gasteiger partial charge in [-0.3, -0.25) is 5.32 Å². The van der Waals surface area contributed by atoms with Crippen molar-refractivity contribution in [1.29, 1.82) is 0 Å². The summed E-state index contributed by atoms with van der Waals surface area (Å²) < 4.78 is 7.16. The lowest BCUT2D eigenvalue weighted by atomic mass is 10.1. The molecule has 0 atom stereocenters. The van der Waals surface area contributed by atoms with Crippen molar-refractivity contribution in [2.45, 2.75) is 58.5 Å². The van der Waals surface area contributed by atoms with Gasteiger partial charge in [0.25, 0.3) is 0 Å². The quantitative estimate of drug-likeness (QED) is 0.848. The molecule has 0 spiro atoms. The molecule has 0 aromatic carbocycles. The van der Waals surface area contributed by atoms with Crippen molar-refractivity contribution in [1.82, 2.24) is 20.3 Å². The predicted molar refractivity (Wildman–Crippen MR) is 90.6 cm³/mol. The Morgan fingerprint density at radius 1 is 1.42 bits per heavy atom. The Kier molecular flexibility index (Phi) is 5.17. The molecule has 130 valence electrons. The highest BCUT2D eigenvalue weighted by Crippen LogP contribution is 2.31. The summed E-state index contributed by atoms with van der Waals surface area (Å²) in [6, 6.07) is 3.84. The van der Waals surface area contributed by atoms with Gasteiger partial charge in [-0.1, -0.05) is 31.8 Å². The minimum Gasteiger partial charge on any atom is -0.359 e. The van der Waals surface area contributed by atoms with Crippen molar-refractivity contribution < 1.29 is 9.32 Å². The second kappa shape index (κ2) is 7.51. The summed E-state index contributed by atoms with van der Waals surface area (Å²) >= 11 is 0. The topological polar surface area (TPSA) is 85.0 Å². The average molecular weight is 331 g/mol. The summed E-state index contributed by atoms with van der Waals surface area (Å²) in [5.74, 6) is 1.91. The minimum absolute atomic E-state index is 0.267. The molecule has 0 aliphatic heterocycles. The summed E-state index contributed by atoms with van der Waals surface area (Å²) in [5, 5.41) is 14.0. The summed E-state index contributed by atoms with van der Waals surface area (Å²) in [6.07, 6.45) is 7.28. The van der Waals surface area contributed by atoms with Crippen LogP contribution in [0, 0.1) is 5.92 Å². The molecule has 3 rings (SSSR count). The van der Waals surface area contributed by atoms with Crippen LogP contribution in [0.1, 0.15) is 57.0 Å². The maximum Gasteiger partial charge on any atom is 0.320 e. The first-order valence-electron chi connectivity index (χ1n) is 8.64. The number of aromatic nitrogens is 3. The first-order chi connectivity index (χ1) is 11.6. The Labute approximate surface area is 141 Å². The third-order valence-electron chi connectivity index (χ3n) is 4.23. The third kappa shape index (κ3) is 4.15. The molecule has 1 fully saturated rings. The fourth-order valence-electron chi connectivity index (χ4n) is 3.13. The number of carbonyl (C=O) groups is 1. The van der Waals surface area contributed by atoms with Gasteiger partial charge in [-0.2, -0.15) is 5.10 Å². The zero-order valence-electron chi connectivity index (χ0n) is 14.3. The van der Waals surface area contributed by atoms with Crippen LogP contribution in [0.5, 0.6) is 0 Å². The molecule has 2 aromatic heterocycles. The fourth-order valence-corrected chi connectivity index (χ4v) is 3.13. The van der Waals surface area contributed by atoms with E-state index in [1.807, 2.05) is 16.8 Å². The molecule has 24 heavy (non-hydrogen) atoms. The summed E-state index contributed by atoms with van der Waals surface area (Å²) in [4.78, 5) is 12.1. The van der Waals surface area contributed by atoms with Gasteiger partial charge >= 0.3 is 6.03 Å². The molecule has 7 heteroatoms. The van der Waals surface area contributed by atoms with Crippen LogP contribution >= 0.6 is 0 Å². The summed E-state index contributed by atoms with van der Waals surface area (Å²) in [7, 11) is 0. The van der Waals surface area contributed by atoms with E-state index in [-0.39, 0.29) is 6.03 Å². The highest BCUT2D eigenvalue weighted by Gasteiger charge is 2.20.